The Bertz CT molecular complexity index is 156. The molecule has 0 aromatic carbocycles. The fourth-order valence-electron chi connectivity index (χ4n) is 0.364. The van der Waals surface area contributed by atoms with Gasteiger partial charge in [0.2, 0.25) is 0 Å². The Morgan fingerprint density at radius 1 is 1.18 bits per heavy atom. The molecule has 0 fully saturated rings. The number of nitrogens with one attached hydrogen (secondary N) is 1. The predicted molar refractivity (Wildman–Crippen MR) is 41.1 cm³/mol. The van der Waals surface area contributed by atoms with Crippen molar-refractivity contribution in [2.45, 2.75) is 31.7 Å². The highest BCUT2D eigenvalue weighted by molar-refractivity contribution is 8.15. The molecule has 66 valence electrons. The molecule has 0 aromatic heterocycles. The smallest absolute Gasteiger partial charge is 0.290 e. The van der Waals surface area contributed by atoms with Gasteiger partial charge in [-0.1, -0.05) is 32.5 Å². The maximum Gasteiger partial charge on any atom is 0.438 e. The van der Waals surface area contributed by atoms with E-state index in [1.165, 1.54) is 0 Å². The zero-order chi connectivity index (χ0) is 9.28. The summed E-state index contributed by atoms with van der Waals surface area (Å²) in [5.74, 6) is 0. The summed E-state index contributed by atoms with van der Waals surface area (Å²) >= 11 is 0.522. The lowest BCUT2D eigenvalue weighted by Gasteiger charge is -2.18. The van der Waals surface area contributed by atoms with Gasteiger partial charge in [0.25, 0.3) is 0 Å². The molecule has 0 rings (SSSR count). The fraction of sp³-hybridized carbons (Fsp3) is 0.833. The van der Waals surface area contributed by atoms with Crippen LogP contribution in [0.3, 0.4) is 0 Å². The number of alkyl halides is 3. The molecule has 0 radical (unpaired) electrons. The summed E-state index contributed by atoms with van der Waals surface area (Å²) < 4.78 is 34.7. The van der Waals surface area contributed by atoms with Crippen LogP contribution in [0.4, 0.5) is 13.2 Å². The lowest BCUT2D eigenvalue weighted by molar-refractivity contribution is -0.0561. The van der Waals surface area contributed by atoms with Crippen molar-refractivity contribution >= 4 is 16.8 Å². The highest BCUT2D eigenvalue weighted by atomic mass is 32.2. The van der Waals surface area contributed by atoms with Crippen LogP contribution < -0.4 is 0 Å². The molecular weight excluding hydrogens is 175 g/mol. The van der Waals surface area contributed by atoms with Crippen LogP contribution in [-0.4, -0.2) is 16.0 Å². The molecule has 0 saturated carbocycles. The van der Waals surface area contributed by atoms with Crippen LogP contribution in [0.2, 0.25) is 0 Å². The minimum Gasteiger partial charge on any atom is -0.290 e. The van der Waals surface area contributed by atoms with Gasteiger partial charge in [-0.3, -0.25) is 5.41 Å². The topological polar surface area (TPSA) is 23.9 Å². The van der Waals surface area contributed by atoms with Gasteiger partial charge in [-0.25, -0.2) is 0 Å². The largest absolute Gasteiger partial charge is 0.438 e. The number of hydrogen-bond donors (Lipinski definition) is 1. The van der Waals surface area contributed by atoms with Crippen LogP contribution in [-0.2, 0) is 0 Å². The van der Waals surface area contributed by atoms with E-state index in [2.05, 4.69) is 0 Å². The van der Waals surface area contributed by atoms with E-state index < -0.39 is 16.0 Å². The fourth-order valence-corrected chi connectivity index (χ4v) is 1.09. The van der Waals surface area contributed by atoms with Crippen molar-refractivity contribution in [2.24, 2.45) is 0 Å². The molecule has 0 atom stereocenters. The lowest BCUT2D eigenvalue weighted by Crippen LogP contribution is -2.23. The zero-order valence-corrected chi connectivity index (χ0v) is 7.36. The third kappa shape index (κ3) is 5.12. The van der Waals surface area contributed by atoms with Crippen molar-refractivity contribution in [3.8, 4) is 0 Å². The molecule has 0 saturated heterocycles. The molecular formula is C6H10F3NS. The summed E-state index contributed by atoms with van der Waals surface area (Å²) in [6.07, 6.45) is -4.49. The van der Waals surface area contributed by atoms with Gasteiger partial charge < -0.3 is 0 Å². The summed E-state index contributed by atoms with van der Waals surface area (Å²) in [7, 11) is 0. The molecule has 5 heteroatoms. The molecule has 0 unspecified atom stereocenters. The first-order chi connectivity index (χ1) is 4.63. The maximum atomic E-state index is 11.7. The number of thioether (sulfide) groups is 1. The SMILES string of the molecule is CC(C)(C)SC(=N)C(F)(F)F. The molecule has 0 heterocycles. The molecule has 0 bridgehead atoms. The van der Waals surface area contributed by atoms with Gasteiger partial charge in [0, 0.05) is 4.75 Å². The van der Waals surface area contributed by atoms with E-state index in [0.29, 0.717) is 11.8 Å². The third-order valence-corrected chi connectivity index (χ3v) is 1.71. The van der Waals surface area contributed by atoms with Crippen LogP contribution in [0.25, 0.3) is 0 Å². The molecule has 0 aliphatic heterocycles. The molecule has 1 nitrogen and oxygen atoms in total. The monoisotopic (exact) mass is 185 g/mol. The summed E-state index contributed by atoms with van der Waals surface area (Å²) in [6.45, 7) is 4.91. The Morgan fingerprint density at radius 3 is 1.64 bits per heavy atom. The average Bonchev–Trinajstić information content (AvgIpc) is 1.56. The van der Waals surface area contributed by atoms with E-state index >= 15 is 0 Å². The molecule has 0 aromatic rings. The van der Waals surface area contributed by atoms with Gasteiger partial charge in [-0.15, -0.1) is 0 Å². The Balaban J connectivity index is 4.11. The van der Waals surface area contributed by atoms with Crippen LogP contribution in [0.1, 0.15) is 20.8 Å². The van der Waals surface area contributed by atoms with E-state index in [0.717, 1.165) is 0 Å². The molecule has 11 heavy (non-hydrogen) atoms. The van der Waals surface area contributed by atoms with Crippen molar-refractivity contribution in [1.29, 1.82) is 5.41 Å². The Hall–Kier alpha value is -0.190. The van der Waals surface area contributed by atoms with Gasteiger partial charge in [0.1, 0.15) is 0 Å². The molecule has 1 N–H and O–H groups in total. The Morgan fingerprint density at radius 2 is 1.55 bits per heavy atom. The predicted octanol–water partition coefficient (Wildman–Crippen LogP) is 3.06. The molecule has 0 aliphatic rings. The van der Waals surface area contributed by atoms with E-state index in [1.807, 2.05) is 0 Å². The van der Waals surface area contributed by atoms with Crippen molar-refractivity contribution in [2.75, 3.05) is 0 Å². The first kappa shape index (κ1) is 10.8. The Labute approximate surface area is 67.9 Å². The molecule has 0 aliphatic carbocycles. The van der Waals surface area contributed by atoms with Gasteiger partial charge >= 0.3 is 6.18 Å². The first-order valence-electron chi connectivity index (χ1n) is 2.98. The normalized spacial score (nSPS) is 13.3. The molecule has 0 spiro atoms. The summed E-state index contributed by atoms with van der Waals surface area (Å²) in [4.78, 5) is 0. The first-order valence-corrected chi connectivity index (χ1v) is 3.79. The highest BCUT2D eigenvalue weighted by Gasteiger charge is 2.37. The van der Waals surface area contributed by atoms with Gasteiger partial charge in [0.15, 0.2) is 5.04 Å². The Kier molecular flexibility index (Phi) is 2.99. The van der Waals surface area contributed by atoms with E-state index in [1.54, 1.807) is 20.8 Å². The average molecular weight is 185 g/mol. The highest BCUT2D eigenvalue weighted by Crippen LogP contribution is 2.32. The van der Waals surface area contributed by atoms with Gasteiger partial charge in [-0.2, -0.15) is 13.2 Å². The van der Waals surface area contributed by atoms with Crippen molar-refractivity contribution in [3.63, 3.8) is 0 Å². The quantitative estimate of drug-likeness (QED) is 0.455. The minimum atomic E-state index is -4.49. The third-order valence-electron chi connectivity index (χ3n) is 0.666. The van der Waals surface area contributed by atoms with Gasteiger partial charge in [0.05, 0.1) is 0 Å². The van der Waals surface area contributed by atoms with Crippen molar-refractivity contribution in [3.05, 3.63) is 0 Å². The second-order valence-electron chi connectivity index (χ2n) is 3.04. The van der Waals surface area contributed by atoms with E-state index in [4.69, 9.17) is 5.41 Å². The van der Waals surface area contributed by atoms with Crippen molar-refractivity contribution < 1.29 is 13.2 Å². The van der Waals surface area contributed by atoms with Crippen molar-refractivity contribution in [1.82, 2.24) is 0 Å². The minimum absolute atomic E-state index is 0.522. The number of halogens is 3. The van der Waals surface area contributed by atoms with Crippen LogP contribution in [0, 0.1) is 5.41 Å². The summed E-state index contributed by atoms with van der Waals surface area (Å²) in [6, 6.07) is 0. The molecule has 0 amide bonds. The number of hydrogen-bond acceptors (Lipinski definition) is 2. The second-order valence-corrected chi connectivity index (χ2v) is 4.88. The van der Waals surface area contributed by atoms with E-state index in [9.17, 15) is 13.2 Å². The van der Waals surface area contributed by atoms with Crippen LogP contribution in [0.5, 0.6) is 0 Å². The summed E-state index contributed by atoms with van der Waals surface area (Å²) in [5, 5.41) is 5.40. The summed E-state index contributed by atoms with van der Waals surface area (Å²) in [5.41, 5.74) is 0. The standard InChI is InChI=1S/C6H10F3NS/c1-5(2,3)11-4(10)6(7,8)9/h10H,1-3H3. The lowest BCUT2D eigenvalue weighted by atomic mass is 10.3. The van der Waals surface area contributed by atoms with Gasteiger partial charge in [-0.05, 0) is 0 Å². The maximum absolute atomic E-state index is 11.7. The number of rotatable bonds is 0. The zero-order valence-electron chi connectivity index (χ0n) is 6.54. The van der Waals surface area contributed by atoms with Crippen LogP contribution in [0.15, 0.2) is 0 Å². The van der Waals surface area contributed by atoms with Crippen LogP contribution >= 0.6 is 11.8 Å². The second kappa shape index (κ2) is 3.05. The van der Waals surface area contributed by atoms with E-state index in [-0.39, 0.29) is 0 Å².